The van der Waals surface area contributed by atoms with E-state index in [2.05, 4.69) is 25.8 Å². The van der Waals surface area contributed by atoms with Gasteiger partial charge in [0.2, 0.25) is 0 Å². The maximum Gasteiger partial charge on any atom is 0.0855 e. The highest BCUT2D eigenvalue weighted by atomic mass is 16.3. The van der Waals surface area contributed by atoms with Crippen LogP contribution >= 0.6 is 0 Å². The molecule has 0 radical (unpaired) electrons. The highest BCUT2D eigenvalue weighted by Gasteiger charge is 2.26. The van der Waals surface area contributed by atoms with Crippen LogP contribution < -0.4 is 0 Å². The Kier molecular flexibility index (Phi) is 3.04. The molecule has 2 heteroatoms. The molecule has 0 fully saturated rings. The third-order valence-electron chi connectivity index (χ3n) is 2.65. The van der Waals surface area contributed by atoms with E-state index in [1.807, 2.05) is 12.1 Å². The molecule has 2 nitrogen and oxygen atoms in total. The summed E-state index contributed by atoms with van der Waals surface area (Å²) in [5, 5.41) is 10.0. The van der Waals surface area contributed by atoms with Crippen molar-refractivity contribution in [3.63, 3.8) is 0 Å². The molecule has 72 valence electrons. The summed E-state index contributed by atoms with van der Waals surface area (Å²) in [5.41, 5.74) is 0.817. The molecule has 1 heterocycles. The summed E-state index contributed by atoms with van der Waals surface area (Å²) < 4.78 is 0. The van der Waals surface area contributed by atoms with Gasteiger partial charge < -0.3 is 5.11 Å². The SMILES string of the molecule is CCC(C)(C)C(O)c1cccnc1. The van der Waals surface area contributed by atoms with Gasteiger partial charge in [0.05, 0.1) is 6.10 Å². The number of hydrogen-bond donors (Lipinski definition) is 1. The molecule has 0 aromatic carbocycles. The molecule has 0 saturated heterocycles. The van der Waals surface area contributed by atoms with Crippen LogP contribution in [0.3, 0.4) is 0 Å². The molecule has 1 unspecified atom stereocenters. The zero-order valence-electron chi connectivity index (χ0n) is 8.49. The van der Waals surface area contributed by atoms with Gasteiger partial charge in [-0.3, -0.25) is 4.98 Å². The van der Waals surface area contributed by atoms with Gasteiger partial charge in [0.15, 0.2) is 0 Å². The maximum atomic E-state index is 10.0. The van der Waals surface area contributed by atoms with Crippen molar-refractivity contribution in [1.29, 1.82) is 0 Å². The maximum absolute atomic E-state index is 10.0. The van der Waals surface area contributed by atoms with Crippen LogP contribution in [0.15, 0.2) is 24.5 Å². The van der Waals surface area contributed by atoms with Crippen molar-refractivity contribution in [3.05, 3.63) is 30.1 Å². The van der Waals surface area contributed by atoms with E-state index in [0.717, 1.165) is 12.0 Å². The van der Waals surface area contributed by atoms with E-state index in [1.54, 1.807) is 12.4 Å². The summed E-state index contributed by atoms with van der Waals surface area (Å²) >= 11 is 0. The molecule has 1 aromatic heterocycles. The van der Waals surface area contributed by atoms with Crippen LogP contribution in [0.1, 0.15) is 38.9 Å². The first kappa shape index (κ1) is 10.2. The van der Waals surface area contributed by atoms with Gasteiger partial charge in [0.1, 0.15) is 0 Å². The Balaban J connectivity index is 2.85. The Hall–Kier alpha value is -0.890. The highest BCUT2D eigenvalue weighted by molar-refractivity contribution is 5.14. The molecule has 0 aliphatic carbocycles. The quantitative estimate of drug-likeness (QED) is 0.773. The minimum Gasteiger partial charge on any atom is -0.388 e. The van der Waals surface area contributed by atoms with Crippen LogP contribution in [0.4, 0.5) is 0 Å². The Morgan fingerprint density at radius 1 is 1.54 bits per heavy atom. The Bertz CT molecular complexity index is 256. The van der Waals surface area contributed by atoms with Crippen LogP contribution in [0.2, 0.25) is 0 Å². The van der Waals surface area contributed by atoms with Gasteiger partial charge in [-0.1, -0.05) is 26.8 Å². The number of nitrogens with zero attached hydrogens (tertiary/aromatic N) is 1. The lowest BCUT2D eigenvalue weighted by Gasteiger charge is -2.29. The standard InChI is InChI=1S/C11H17NO/c1-4-11(2,3)10(13)9-6-5-7-12-8-9/h5-8,10,13H,4H2,1-3H3. The van der Waals surface area contributed by atoms with E-state index >= 15 is 0 Å². The lowest BCUT2D eigenvalue weighted by Crippen LogP contribution is -2.20. The fraction of sp³-hybridized carbons (Fsp3) is 0.545. The van der Waals surface area contributed by atoms with Crippen LogP contribution in [0.5, 0.6) is 0 Å². The third kappa shape index (κ3) is 2.28. The molecule has 1 aromatic rings. The zero-order chi connectivity index (χ0) is 9.90. The van der Waals surface area contributed by atoms with Gasteiger partial charge >= 0.3 is 0 Å². The van der Waals surface area contributed by atoms with E-state index in [0.29, 0.717) is 0 Å². The molecular formula is C11H17NO. The van der Waals surface area contributed by atoms with Crippen molar-refractivity contribution >= 4 is 0 Å². The summed E-state index contributed by atoms with van der Waals surface area (Å²) in [6, 6.07) is 3.76. The minimum atomic E-state index is -0.425. The average Bonchev–Trinajstić information content (AvgIpc) is 2.18. The molecule has 0 spiro atoms. The van der Waals surface area contributed by atoms with Gasteiger partial charge in [0, 0.05) is 12.4 Å². The lowest BCUT2D eigenvalue weighted by atomic mass is 9.81. The Labute approximate surface area is 79.6 Å². The zero-order valence-corrected chi connectivity index (χ0v) is 8.49. The summed E-state index contributed by atoms with van der Waals surface area (Å²) in [4.78, 5) is 3.99. The number of hydrogen-bond acceptors (Lipinski definition) is 2. The van der Waals surface area contributed by atoms with Crippen molar-refractivity contribution in [2.45, 2.75) is 33.3 Å². The van der Waals surface area contributed by atoms with Crippen LogP contribution in [0.25, 0.3) is 0 Å². The Morgan fingerprint density at radius 2 is 2.23 bits per heavy atom. The van der Waals surface area contributed by atoms with E-state index in [1.165, 1.54) is 0 Å². The van der Waals surface area contributed by atoms with Gasteiger partial charge in [0.25, 0.3) is 0 Å². The topological polar surface area (TPSA) is 33.1 Å². The normalized spacial score (nSPS) is 14.2. The number of aliphatic hydroxyl groups excluding tert-OH is 1. The second-order valence-corrected chi connectivity index (χ2v) is 4.03. The van der Waals surface area contributed by atoms with Gasteiger partial charge in [-0.15, -0.1) is 0 Å². The minimum absolute atomic E-state index is 0.0803. The predicted molar refractivity (Wildman–Crippen MR) is 53.3 cm³/mol. The van der Waals surface area contributed by atoms with Gasteiger partial charge in [-0.2, -0.15) is 0 Å². The molecule has 0 aliphatic heterocycles. The third-order valence-corrected chi connectivity index (χ3v) is 2.65. The van der Waals surface area contributed by atoms with E-state index in [4.69, 9.17) is 0 Å². The fourth-order valence-corrected chi connectivity index (χ4v) is 1.18. The number of aromatic nitrogens is 1. The van der Waals surface area contributed by atoms with Gasteiger partial charge in [-0.05, 0) is 23.5 Å². The first-order valence-electron chi connectivity index (χ1n) is 4.66. The molecule has 1 atom stereocenters. The van der Waals surface area contributed by atoms with E-state index in [9.17, 15) is 5.11 Å². The first-order valence-corrected chi connectivity index (χ1v) is 4.66. The number of aliphatic hydroxyl groups is 1. The van der Waals surface area contributed by atoms with Crippen molar-refractivity contribution in [1.82, 2.24) is 4.98 Å². The molecule has 1 N–H and O–H groups in total. The first-order chi connectivity index (χ1) is 6.08. The molecule has 0 bridgehead atoms. The average molecular weight is 179 g/mol. The molecule has 13 heavy (non-hydrogen) atoms. The molecule has 0 saturated carbocycles. The predicted octanol–water partition coefficient (Wildman–Crippen LogP) is 2.55. The van der Waals surface area contributed by atoms with E-state index in [-0.39, 0.29) is 5.41 Å². The number of pyridine rings is 1. The monoisotopic (exact) mass is 179 g/mol. The summed E-state index contributed by atoms with van der Waals surface area (Å²) in [5.74, 6) is 0. The summed E-state index contributed by atoms with van der Waals surface area (Å²) in [6.45, 7) is 6.20. The highest BCUT2D eigenvalue weighted by Crippen LogP contribution is 2.35. The second kappa shape index (κ2) is 3.88. The van der Waals surface area contributed by atoms with Crippen LogP contribution in [-0.4, -0.2) is 10.1 Å². The van der Waals surface area contributed by atoms with Crippen molar-refractivity contribution in [3.8, 4) is 0 Å². The van der Waals surface area contributed by atoms with E-state index < -0.39 is 6.10 Å². The summed E-state index contributed by atoms with van der Waals surface area (Å²) in [6.07, 6.45) is 3.96. The smallest absolute Gasteiger partial charge is 0.0855 e. The van der Waals surface area contributed by atoms with Crippen LogP contribution in [0, 0.1) is 5.41 Å². The molecule has 1 rings (SSSR count). The number of rotatable bonds is 3. The van der Waals surface area contributed by atoms with Crippen molar-refractivity contribution in [2.75, 3.05) is 0 Å². The van der Waals surface area contributed by atoms with Crippen molar-refractivity contribution in [2.24, 2.45) is 5.41 Å². The lowest BCUT2D eigenvalue weighted by molar-refractivity contribution is 0.0463. The largest absolute Gasteiger partial charge is 0.388 e. The molecule has 0 aliphatic rings. The van der Waals surface area contributed by atoms with Gasteiger partial charge in [-0.25, -0.2) is 0 Å². The Morgan fingerprint density at radius 3 is 2.69 bits per heavy atom. The summed E-state index contributed by atoms with van der Waals surface area (Å²) in [7, 11) is 0. The van der Waals surface area contributed by atoms with Crippen LogP contribution in [-0.2, 0) is 0 Å². The molecular weight excluding hydrogens is 162 g/mol. The second-order valence-electron chi connectivity index (χ2n) is 4.03. The van der Waals surface area contributed by atoms with Crippen molar-refractivity contribution < 1.29 is 5.11 Å². The fourth-order valence-electron chi connectivity index (χ4n) is 1.18. The molecule has 0 amide bonds.